The van der Waals surface area contributed by atoms with Gasteiger partial charge in [0.1, 0.15) is 5.69 Å². The fourth-order valence-electron chi connectivity index (χ4n) is 2.57. The van der Waals surface area contributed by atoms with Crippen molar-refractivity contribution in [3.63, 3.8) is 0 Å². The van der Waals surface area contributed by atoms with Gasteiger partial charge in [0.25, 0.3) is 10.7 Å². The Morgan fingerprint density at radius 3 is 2.64 bits per heavy atom. The van der Waals surface area contributed by atoms with Crippen LogP contribution >= 0.6 is 28.1 Å². The average Bonchev–Trinajstić information content (AvgIpc) is 3.11. The maximum atomic E-state index is 5.50. The first-order valence-corrected chi connectivity index (χ1v) is 7.85. The van der Waals surface area contributed by atoms with E-state index in [1.807, 2.05) is 30.3 Å². The maximum absolute atomic E-state index is 5.50. The molecule has 0 bridgehead atoms. The summed E-state index contributed by atoms with van der Waals surface area (Å²) in [5.41, 5.74) is 3.96. The van der Waals surface area contributed by atoms with Gasteiger partial charge in [-0.25, -0.2) is 5.10 Å². The van der Waals surface area contributed by atoms with Crippen LogP contribution in [-0.4, -0.2) is 15.2 Å². The quantitative estimate of drug-likeness (QED) is 0.469. The Balaban J connectivity index is 2.10. The zero-order valence-electron chi connectivity index (χ0n) is 11.3. The van der Waals surface area contributed by atoms with Gasteiger partial charge in [-0.3, -0.25) is 0 Å². The van der Waals surface area contributed by atoms with E-state index in [1.54, 1.807) is 0 Å². The zero-order valence-corrected chi connectivity index (χ0v) is 13.7. The van der Waals surface area contributed by atoms with Crippen molar-refractivity contribution >= 4 is 39.1 Å². The second-order valence-electron chi connectivity index (χ2n) is 4.85. The lowest BCUT2D eigenvalue weighted by atomic mass is 10.0. The molecule has 108 valence electrons. The van der Waals surface area contributed by atoms with Gasteiger partial charge in [0, 0.05) is 20.9 Å². The number of aromatic amines is 2. The Morgan fingerprint density at radius 1 is 1.09 bits per heavy atom. The fourth-order valence-corrected chi connectivity index (χ4v) is 3.05. The van der Waals surface area contributed by atoms with Gasteiger partial charge in [0.05, 0.1) is 0 Å². The molecule has 4 rings (SSSR count). The SMILES string of the molecule is S=c1[nH]nc(-c2[nH]c3ccc(Br)cc3c2-c2ccccc2)o1. The molecule has 0 spiro atoms. The van der Waals surface area contributed by atoms with Gasteiger partial charge in [0.15, 0.2) is 0 Å². The number of halogens is 1. The first-order valence-electron chi connectivity index (χ1n) is 6.65. The predicted octanol–water partition coefficient (Wildman–Crippen LogP) is 5.31. The van der Waals surface area contributed by atoms with E-state index in [2.05, 4.69) is 49.3 Å². The van der Waals surface area contributed by atoms with Gasteiger partial charge >= 0.3 is 0 Å². The molecule has 4 aromatic rings. The van der Waals surface area contributed by atoms with Crippen molar-refractivity contribution in [3.05, 3.63) is 57.8 Å². The number of rotatable bonds is 2. The van der Waals surface area contributed by atoms with Crippen molar-refractivity contribution in [2.45, 2.75) is 0 Å². The Kier molecular flexibility index (Phi) is 3.20. The van der Waals surface area contributed by atoms with E-state index in [-0.39, 0.29) is 4.84 Å². The number of hydrogen-bond donors (Lipinski definition) is 2. The molecular weight excluding hydrogens is 362 g/mol. The molecule has 0 saturated heterocycles. The highest BCUT2D eigenvalue weighted by Gasteiger charge is 2.18. The van der Waals surface area contributed by atoms with Crippen LogP contribution in [0.25, 0.3) is 33.6 Å². The number of fused-ring (bicyclic) bond motifs is 1. The first-order chi connectivity index (χ1) is 10.7. The van der Waals surface area contributed by atoms with Crippen molar-refractivity contribution in [2.24, 2.45) is 0 Å². The Labute approximate surface area is 139 Å². The van der Waals surface area contributed by atoms with Crippen LogP contribution in [0.3, 0.4) is 0 Å². The minimum absolute atomic E-state index is 0.258. The smallest absolute Gasteiger partial charge is 0.284 e. The van der Waals surface area contributed by atoms with Crippen molar-refractivity contribution in [1.29, 1.82) is 0 Å². The summed E-state index contributed by atoms with van der Waals surface area (Å²) in [6, 6.07) is 16.2. The molecule has 0 fully saturated rings. The number of nitrogens with zero attached hydrogens (tertiary/aromatic N) is 1. The molecule has 0 atom stereocenters. The van der Waals surface area contributed by atoms with Crippen LogP contribution < -0.4 is 0 Å². The molecule has 0 aliphatic heterocycles. The van der Waals surface area contributed by atoms with Gasteiger partial charge in [0.2, 0.25) is 0 Å². The molecule has 22 heavy (non-hydrogen) atoms. The van der Waals surface area contributed by atoms with Crippen LogP contribution in [0.1, 0.15) is 0 Å². The fraction of sp³-hybridized carbons (Fsp3) is 0. The number of aromatic nitrogens is 3. The van der Waals surface area contributed by atoms with E-state index in [1.165, 1.54) is 0 Å². The zero-order chi connectivity index (χ0) is 15.1. The second kappa shape index (κ2) is 5.23. The monoisotopic (exact) mass is 371 g/mol. The van der Waals surface area contributed by atoms with Crippen LogP contribution in [0.15, 0.2) is 57.4 Å². The topological polar surface area (TPSA) is 57.6 Å². The third kappa shape index (κ3) is 2.20. The van der Waals surface area contributed by atoms with Crippen molar-refractivity contribution < 1.29 is 4.42 Å². The van der Waals surface area contributed by atoms with E-state index in [0.717, 1.165) is 32.2 Å². The Hall–Kier alpha value is -2.18. The highest BCUT2D eigenvalue weighted by molar-refractivity contribution is 9.10. The van der Waals surface area contributed by atoms with Gasteiger partial charge in [-0.05, 0) is 36.0 Å². The standard InChI is InChI=1S/C16H10BrN3OS/c17-10-6-7-12-11(8-10)13(9-4-2-1-3-5-9)14(18-12)15-19-20-16(22)21-15/h1-8,18H,(H,20,22). The van der Waals surface area contributed by atoms with Crippen molar-refractivity contribution in [3.8, 4) is 22.7 Å². The highest BCUT2D eigenvalue weighted by atomic mass is 79.9. The van der Waals surface area contributed by atoms with Crippen molar-refractivity contribution in [1.82, 2.24) is 15.2 Å². The summed E-state index contributed by atoms with van der Waals surface area (Å²) in [5.74, 6) is 0.455. The van der Waals surface area contributed by atoms with E-state index in [0.29, 0.717) is 5.89 Å². The molecule has 2 aromatic carbocycles. The van der Waals surface area contributed by atoms with Crippen LogP contribution in [0.2, 0.25) is 0 Å². The number of hydrogen-bond acceptors (Lipinski definition) is 3. The minimum Gasteiger partial charge on any atom is -0.408 e. The predicted molar refractivity (Wildman–Crippen MR) is 92.1 cm³/mol. The number of benzene rings is 2. The van der Waals surface area contributed by atoms with Crippen molar-refractivity contribution in [2.75, 3.05) is 0 Å². The molecule has 0 amide bonds. The lowest BCUT2D eigenvalue weighted by molar-refractivity contribution is 0.550. The van der Waals surface area contributed by atoms with Crippen LogP contribution in [0.5, 0.6) is 0 Å². The summed E-state index contributed by atoms with van der Waals surface area (Å²) >= 11 is 8.52. The van der Waals surface area contributed by atoms with E-state index >= 15 is 0 Å². The molecule has 6 heteroatoms. The third-order valence-corrected chi connectivity index (χ3v) is 4.14. The van der Waals surface area contributed by atoms with Gasteiger partial charge in [-0.1, -0.05) is 46.3 Å². The molecular formula is C16H10BrN3OS. The molecule has 0 aliphatic carbocycles. The summed E-state index contributed by atoms with van der Waals surface area (Å²) in [7, 11) is 0. The average molecular weight is 372 g/mol. The summed E-state index contributed by atoms with van der Waals surface area (Å²) in [5, 5.41) is 7.92. The molecule has 0 saturated carbocycles. The van der Waals surface area contributed by atoms with Crippen LogP contribution in [-0.2, 0) is 0 Å². The van der Waals surface area contributed by atoms with Gasteiger partial charge < -0.3 is 9.40 Å². The summed E-state index contributed by atoms with van der Waals surface area (Å²) in [4.78, 5) is 3.63. The van der Waals surface area contributed by atoms with E-state index in [9.17, 15) is 0 Å². The minimum atomic E-state index is 0.258. The molecule has 0 radical (unpaired) electrons. The molecule has 0 aliphatic rings. The summed E-state index contributed by atoms with van der Waals surface area (Å²) < 4.78 is 6.52. The normalized spacial score (nSPS) is 11.1. The molecule has 4 nitrogen and oxygen atoms in total. The summed E-state index contributed by atoms with van der Waals surface area (Å²) in [6.07, 6.45) is 0. The molecule has 2 heterocycles. The van der Waals surface area contributed by atoms with Gasteiger partial charge in [-0.15, -0.1) is 5.10 Å². The third-order valence-electron chi connectivity index (χ3n) is 3.48. The summed E-state index contributed by atoms with van der Waals surface area (Å²) in [6.45, 7) is 0. The van der Waals surface area contributed by atoms with Gasteiger partial charge in [-0.2, -0.15) is 0 Å². The maximum Gasteiger partial charge on any atom is 0.284 e. The van der Waals surface area contributed by atoms with Crippen LogP contribution in [0, 0.1) is 4.84 Å². The largest absolute Gasteiger partial charge is 0.408 e. The first kappa shape index (κ1) is 13.5. The molecule has 2 aromatic heterocycles. The Bertz CT molecular complexity index is 1020. The lowest BCUT2D eigenvalue weighted by Gasteiger charge is -2.02. The molecule has 0 unspecified atom stereocenters. The molecule has 2 N–H and O–H groups in total. The van der Waals surface area contributed by atoms with E-state index < -0.39 is 0 Å². The number of nitrogens with one attached hydrogen (secondary N) is 2. The van der Waals surface area contributed by atoms with Crippen LogP contribution in [0.4, 0.5) is 0 Å². The second-order valence-corrected chi connectivity index (χ2v) is 6.14. The highest BCUT2D eigenvalue weighted by Crippen LogP contribution is 2.38. The Morgan fingerprint density at radius 2 is 1.91 bits per heavy atom. The lowest BCUT2D eigenvalue weighted by Crippen LogP contribution is -1.83. The number of H-pyrrole nitrogens is 2. The van der Waals surface area contributed by atoms with E-state index in [4.69, 9.17) is 16.6 Å².